The van der Waals surface area contributed by atoms with Crippen molar-refractivity contribution in [2.75, 3.05) is 18.5 Å². The standard InChI is InChI=1S/C28H29N5O5/c1-17(34)28(36)30-13-22-12-9-19(15-37-22)33-27-24-23(14-29-26(24)31-16-32-27)25(35)18-7-10-21(11-8-18)38-20-5-3-2-4-6-20/h2-8,10-11,14,16-17,19,22,34H,9,12-13,15H2,1H3,(H,30,36)(H2,29,31,32,33)/t17?,19-,22+/m1/s1. The van der Waals surface area contributed by atoms with E-state index in [9.17, 15) is 14.7 Å². The number of amides is 1. The molecule has 1 saturated heterocycles. The Labute approximate surface area is 219 Å². The molecule has 0 bridgehead atoms. The third-order valence-corrected chi connectivity index (χ3v) is 6.40. The third kappa shape index (κ3) is 5.82. The number of ether oxygens (including phenoxy) is 2. The van der Waals surface area contributed by atoms with Crippen molar-refractivity contribution in [1.82, 2.24) is 20.3 Å². The van der Waals surface area contributed by atoms with Gasteiger partial charge >= 0.3 is 0 Å². The summed E-state index contributed by atoms with van der Waals surface area (Å²) in [6.07, 6.45) is 3.44. The van der Waals surface area contributed by atoms with E-state index in [1.165, 1.54) is 13.3 Å². The number of aromatic amines is 1. The molecule has 0 aliphatic carbocycles. The van der Waals surface area contributed by atoms with Gasteiger partial charge in [0.05, 0.1) is 29.7 Å². The number of carbonyl (C=O) groups excluding carboxylic acids is 2. The van der Waals surface area contributed by atoms with E-state index in [-0.39, 0.29) is 17.9 Å². The number of nitrogens with zero attached hydrogens (tertiary/aromatic N) is 2. The number of fused-ring (bicyclic) bond motifs is 1. The molecule has 1 amide bonds. The zero-order valence-electron chi connectivity index (χ0n) is 20.9. The second-order valence-electron chi connectivity index (χ2n) is 9.21. The van der Waals surface area contributed by atoms with Crippen LogP contribution in [0.15, 0.2) is 67.1 Å². The average molecular weight is 516 g/mol. The van der Waals surface area contributed by atoms with Gasteiger partial charge in [-0.2, -0.15) is 0 Å². The minimum absolute atomic E-state index is 0.0240. The molecule has 0 saturated carbocycles. The second kappa shape index (κ2) is 11.4. The van der Waals surface area contributed by atoms with Crippen LogP contribution in [0.3, 0.4) is 0 Å². The topological polar surface area (TPSA) is 138 Å². The van der Waals surface area contributed by atoms with Crippen LogP contribution in [0.2, 0.25) is 0 Å². The Morgan fingerprint density at radius 1 is 1.11 bits per heavy atom. The van der Waals surface area contributed by atoms with Crippen molar-refractivity contribution >= 4 is 28.5 Å². The lowest BCUT2D eigenvalue weighted by atomic mass is 10.0. The molecule has 10 heteroatoms. The highest BCUT2D eigenvalue weighted by Gasteiger charge is 2.25. The molecule has 3 atom stereocenters. The summed E-state index contributed by atoms with van der Waals surface area (Å²) < 4.78 is 11.7. The summed E-state index contributed by atoms with van der Waals surface area (Å²) >= 11 is 0. The number of aromatic nitrogens is 3. The Morgan fingerprint density at radius 3 is 2.58 bits per heavy atom. The molecule has 3 heterocycles. The van der Waals surface area contributed by atoms with Gasteiger partial charge in [0.15, 0.2) is 5.78 Å². The molecule has 1 aliphatic rings. The van der Waals surface area contributed by atoms with Gasteiger partial charge < -0.3 is 30.2 Å². The van der Waals surface area contributed by atoms with Gasteiger partial charge in [-0.3, -0.25) is 9.59 Å². The fraction of sp³-hybridized carbons (Fsp3) is 0.286. The van der Waals surface area contributed by atoms with Crippen LogP contribution in [0, 0.1) is 0 Å². The summed E-state index contributed by atoms with van der Waals surface area (Å²) in [6, 6.07) is 16.4. The van der Waals surface area contributed by atoms with Crippen LogP contribution < -0.4 is 15.4 Å². The minimum atomic E-state index is -1.05. The number of hydrogen-bond donors (Lipinski definition) is 4. The molecule has 4 aromatic rings. The van der Waals surface area contributed by atoms with Gasteiger partial charge in [0.25, 0.3) is 0 Å². The quantitative estimate of drug-likeness (QED) is 0.249. The summed E-state index contributed by atoms with van der Waals surface area (Å²) in [5.74, 6) is 1.34. The molecule has 4 N–H and O–H groups in total. The number of anilines is 1. The highest BCUT2D eigenvalue weighted by molar-refractivity contribution is 6.18. The zero-order valence-corrected chi connectivity index (χ0v) is 20.9. The van der Waals surface area contributed by atoms with Crippen molar-refractivity contribution in [1.29, 1.82) is 0 Å². The first-order valence-electron chi connectivity index (χ1n) is 12.5. The highest BCUT2D eigenvalue weighted by atomic mass is 16.5. The van der Waals surface area contributed by atoms with E-state index in [2.05, 4.69) is 25.6 Å². The third-order valence-electron chi connectivity index (χ3n) is 6.40. The SMILES string of the molecule is CC(O)C(=O)NC[C@@H]1CC[C@@H](Nc2ncnc3[nH]cc(C(=O)c4ccc(Oc5ccccc5)cc4)c23)CO1. The van der Waals surface area contributed by atoms with E-state index < -0.39 is 12.0 Å². The van der Waals surface area contributed by atoms with E-state index in [0.717, 1.165) is 18.6 Å². The summed E-state index contributed by atoms with van der Waals surface area (Å²) in [5, 5.41) is 16.0. The van der Waals surface area contributed by atoms with E-state index in [1.807, 2.05) is 30.3 Å². The molecular weight excluding hydrogens is 486 g/mol. The fourth-order valence-corrected chi connectivity index (χ4v) is 4.34. The van der Waals surface area contributed by atoms with Crippen molar-refractivity contribution < 1.29 is 24.2 Å². The van der Waals surface area contributed by atoms with Gasteiger partial charge in [0.1, 0.15) is 35.4 Å². The van der Waals surface area contributed by atoms with Crippen molar-refractivity contribution in [3.63, 3.8) is 0 Å². The van der Waals surface area contributed by atoms with Crippen molar-refractivity contribution in [3.8, 4) is 11.5 Å². The Morgan fingerprint density at radius 2 is 1.87 bits per heavy atom. The van der Waals surface area contributed by atoms with E-state index in [4.69, 9.17) is 9.47 Å². The zero-order chi connectivity index (χ0) is 26.5. The van der Waals surface area contributed by atoms with Crippen LogP contribution in [0.4, 0.5) is 5.82 Å². The number of rotatable bonds is 9. The number of hydrogen-bond acceptors (Lipinski definition) is 8. The lowest BCUT2D eigenvalue weighted by Gasteiger charge is -2.30. The first-order chi connectivity index (χ1) is 18.5. The van der Waals surface area contributed by atoms with Crippen molar-refractivity contribution in [3.05, 3.63) is 78.2 Å². The molecule has 5 rings (SSSR count). The monoisotopic (exact) mass is 515 g/mol. The van der Waals surface area contributed by atoms with Crippen LogP contribution in [0.1, 0.15) is 35.7 Å². The Hall–Kier alpha value is -4.28. The molecule has 1 unspecified atom stereocenters. The largest absolute Gasteiger partial charge is 0.457 e. The summed E-state index contributed by atoms with van der Waals surface area (Å²) in [4.78, 5) is 36.8. The van der Waals surface area contributed by atoms with Gasteiger partial charge in [0.2, 0.25) is 5.91 Å². The van der Waals surface area contributed by atoms with E-state index >= 15 is 0 Å². The summed E-state index contributed by atoms with van der Waals surface area (Å²) in [6.45, 7) is 2.19. The molecule has 2 aromatic carbocycles. The first kappa shape index (κ1) is 25.4. The average Bonchev–Trinajstić information content (AvgIpc) is 3.38. The molecule has 196 valence electrons. The summed E-state index contributed by atoms with van der Waals surface area (Å²) in [7, 11) is 0. The molecule has 38 heavy (non-hydrogen) atoms. The number of carbonyl (C=O) groups is 2. The second-order valence-corrected chi connectivity index (χ2v) is 9.21. The molecular formula is C28H29N5O5. The van der Waals surface area contributed by atoms with E-state index in [0.29, 0.717) is 46.9 Å². The maximum atomic E-state index is 13.4. The molecule has 1 aliphatic heterocycles. The van der Waals surface area contributed by atoms with Crippen molar-refractivity contribution in [2.24, 2.45) is 0 Å². The van der Waals surface area contributed by atoms with Crippen LogP contribution >= 0.6 is 0 Å². The molecule has 10 nitrogen and oxygen atoms in total. The number of nitrogens with one attached hydrogen (secondary N) is 3. The van der Waals surface area contributed by atoms with Crippen LogP contribution in [0.5, 0.6) is 11.5 Å². The maximum absolute atomic E-state index is 13.4. The minimum Gasteiger partial charge on any atom is -0.457 e. The van der Waals surface area contributed by atoms with Gasteiger partial charge in [-0.1, -0.05) is 18.2 Å². The Kier molecular flexibility index (Phi) is 7.62. The van der Waals surface area contributed by atoms with Gasteiger partial charge in [-0.15, -0.1) is 0 Å². The lowest BCUT2D eigenvalue weighted by molar-refractivity contribution is -0.129. The highest BCUT2D eigenvalue weighted by Crippen LogP contribution is 2.28. The summed E-state index contributed by atoms with van der Waals surface area (Å²) in [5.41, 5.74) is 1.55. The predicted octanol–water partition coefficient (Wildman–Crippen LogP) is 3.44. The Bertz CT molecular complexity index is 1400. The molecule has 2 aromatic heterocycles. The molecule has 0 radical (unpaired) electrons. The fourth-order valence-electron chi connectivity index (χ4n) is 4.34. The predicted molar refractivity (Wildman–Crippen MR) is 141 cm³/mol. The lowest BCUT2D eigenvalue weighted by Crippen LogP contribution is -2.43. The van der Waals surface area contributed by atoms with Gasteiger partial charge in [-0.05, 0) is 56.2 Å². The number of aliphatic hydroxyl groups excluding tert-OH is 1. The number of ketones is 1. The number of para-hydroxylation sites is 1. The normalized spacial score (nSPS) is 18.1. The van der Waals surface area contributed by atoms with Crippen molar-refractivity contribution in [2.45, 2.75) is 38.0 Å². The number of benzene rings is 2. The number of H-pyrrole nitrogens is 1. The smallest absolute Gasteiger partial charge is 0.248 e. The van der Waals surface area contributed by atoms with Crippen LogP contribution in [0.25, 0.3) is 11.0 Å². The van der Waals surface area contributed by atoms with Crippen LogP contribution in [-0.4, -0.2) is 63.2 Å². The Balaban J connectivity index is 1.26. The number of aliphatic hydroxyl groups is 1. The van der Waals surface area contributed by atoms with Gasteiger partial charge in [0, 0.05) is 18.3 Å². The molecule has 1 fully saturated rings. The first-order valence-corrected chi connectivity index (χ1v) is 12.5. The van der Waals surface area contributed by atoms with E-state index in [1.54, 1.807) is 30.5 Å². The van der Waals surface area contributed by atoms with Crippen LogP contribution in [-0.2, 0) is 9.53 Å². The maximum Gasteiger partial charge on any atom is 0.248 e. The molecule has 0 spiro atoms. The van der Waals surface area contributed by atoms with Gasteiger partial charge in [-0.25, -0.2) is 9.97 Å².